The van der Waals surface area contributed by atoms with E-state index in [1.54, 1.807) is 0 Å². The van der Waals surface area contributed by atoms with Gasteiger partial charge in [-0.15, -0.1) is 0 Å². The molecular formula is C18H25N3O2. The van der Waals surface area contributed by atoms with Crippen LogP contribution >= 0.6 is 0 Å². The third-order valence-corrected chi connectivity index (χ3v) is 3.57. The number of carbonyl (C=O) groups is 1. The summed E-state index contributed by atoms with van der Waals surface area (Å²) in [6.07, 6.45) is 10.1. The molecule has 2 aromatic rings. The second-order valence-electron chi connectivity index (χ2n) is 5.74. The Morgan fingerprint density at radius 2 is 2.09 bits per heavy atom. The summed E-state index contributed by atoms with van der Waals surface area (Å²) in [6, 6.07) is 5.84. The Kier molecular flexibility index (Phi) is 6.66. The molecule has 1 heterocycles. The number of rotatable bonds is 9. The maximum atomic E-state index is 11.2. The molecule has 1 N–H and O–H groups in total. The Bertz CT molecular complexity index is 609. The molecule has 1 aromatic heterocycles. The van der Waals surface area contributed by atoms with Gasteiger partial charge >= 0.3 is 0 Å². The number of amides is 1. The first kappa shape index (κ1) is 17.1. The summed E-state index contributed by atoms with van der Waals surface area (Å²) < 4.78 is 7.92. The van der Waals surface area contributed by atoms with Crippen LogP contribution < -0.4 is 10.1 Å². The molecule has 0 unspecified atom stereocenters. The number of unbranched alkanes of at least 4 members (excludes halogenated alkanes) is 3. The van der Waals surface area contributed by atoms with Crippen molar-refractivity contribution in [1.29, 1.82) is 0 Å². The van der Waals surface area contributed by atoms with Gasteiger partial charge in [0.1, 0.15) is 5.75 Å². The number of nitrogens with zero attached hydrogens (tertiary/aromatic N) is 2. The highest BCUT2D eigenvalue weighted by Crippen LogP contribution is 2.26. The number of aryl methyl sites for hydroxylation is 2. The molecule has 1 amide bonds. The fourth-order valence-corrected chi connectivity index (χ4v) is 2.41. The van der Waals surface area contributed by atoms with Gasteiger partial charge in [0.15, 0.2) is 0 Å². The van der Waals surface area contributed by atoms with E-state index in [1.807, 2.05) is 43.8 Å². The highest BCUT2D eigenvalue weighted by Gasteiger charge is 2.05. The van der Waals surface area contributed by atoms with Crippen LogP contribution in [0.1, 0.15) is 38.2 Å². The standard InChI is InChI=1S/C18H25N3O2/c1-15-7-8-18(17(13-15)20-16(2)22)23-12-6-4-3-5-10-21-11-9-19-14-21/h7-9,11,13-14H,3-6,10,12H2,1-2H3,(H,20,22). The molecule has 0 aliphatic carbocycles. The first-order valence-corrected chi connectivity index (χ1v) is 8.12. The molecule has 0 saturated carbocycles. The normalized spacial score (nSPS) is 10.5. The summed E-state index contributed by atoms with van der Waals surface area (Å²) in [5.41, 5.74) is 1.85. The number of imidazole rings is 1. The van der Waals surface area contributed by atoms with Gasteiger partial charge < -0.3 is 14.6 Å². The van der Waals surface area contributed by atoms with E-state index in [4.69, 9.17) is 4.74 Å². The Balaban J connectivity index is 1.66. The summed E-state index contributed by atoms with van der Waals surface area (Å²) in [7, 11) is 0. The maximum absolute atomic E-state index is 11.2. The van der Waals surface area contributed by atoms with Crippen LogP contribution in [-0.4, -0.2) is 22.1 Å². The number of nitrogens with one attached hydrogen (secondary N) is 1. The average molecular weight is 315 g/mol. The Labute approximate surface area is 137 Å². The second-order valence-corrected chi connectivity index (χ2v) is 5.74. The second kappa shape index (κ2) is 8.98. The van der Waals surface area contributed by atoms with Crippen LogP contribution in [0.25, 0.3) is 0 Å². The van der Waals surface area contributed by atoms with Gasteiger partial charge in [-0.2, -0.15) is 0 Å². The number of ether oxygens (including phenoxy) is 1. The summed E-state index contributed by atoms with van der Waals surface area (Å²) in [5, 5.41) is 2.82. The molecule has 124 valence electrons. The van der Waals surface area contributed by atoms with E-state index in [2.05, 4.69) is 14.9 Å². The van der Waals surface area contributed by atoms with Crippen molar-refractivity contribution < 1.29 is 9.53 Å². The van der Waals surface area contributed by atoms with Crippen molar-refractivity contribution in [2.45, 2.75) is 46.1 Å². The van der Waals surface area contributed by atoms with Crippen molar-refractivity contribution >= 4 is 11.6 Å². The number of benzene rings is 1. The zero-order valence-electron chi connectivity index (χ0n) is 13.9. The zero-order chi connectivity index (χ0) is 16.5. The highest BCUT2D eigenvalue weighted by molar-refractivity contribution is 5.90. The van der Waals surface area contributed by atoms with Crippen LogP contribution in [0.3, 0.4) is 0 Å². The van der Waals surface area contributed by atoms with Gasteiger partial charge in [0.05, 0.1) is 18.6 Å². The molecule has 0 radical (unpaired) electrons. The number of anilines is 1. The molecule has 5 heteroatoms. The molecule has 1 aromatic carbocycles. The quantitative estimate of drug-likeness (QED) is 0.716. The zero-order valence-corrected chi connectivity index (χ0v) is 13.9. The summed E-state index contributed by atoms with van der Waals surface area (Å²) >= 11 is 0. The monoisotopic (exact) mass is 315 g/mol. The van der Waals surface area contributed by atoms with Crippen molar-refractivity contribution in [3.05, 3.63) is 42.5 Å². The van der Waals surface area contributed by atoms with E-state index in [0.29, 0.717) is 6.61 Å². The Morgan fingerprint density at radius 1 is 1.26 bits per heavy atom. The average Bonchev–Trinajstić information content (AvgIpc) is 3.01. The summed E-state index contributed by atoms with van der Waals surface area (Å²) in [6.45, 7) is 5.19. The molecule has 0 aliphatic heterocycles. The fraction of sp³-hybridized carbons (Fsp3) is 0.444. The SMILES string of the molecule is CC(=O)Nc1cc(C)ccc1OCCCCCCn1ccnc1. The summed E-state index contributed by atoms with van der Waals surface area (Å²) in [4.78, 5) is 15.3. The van der Waals surface area contributed by atoms with Gasteiger partial charge in [0.2, 0.25) is 5.91 Å². The predicted molar refractivity (Wildman–Crippen MR) is 91.7 cm³/mol. The molecular weight excluding hydrogens is 290 g/mol. The molecule has 0 fully saturated rings. The largest absolute Gasteiger partial charge is 0.491 e. The Hall–Kier alpha value is -2.30. The molecule has 23 heavy (non-hydrogen) atoms. The van der Waals surface area contributed by atoms with Gasteiger partial charge in [0, 0.05) is 25.9 Å². The van der Waals surface area contributed by atoms with Gasteiger partial charge in [-0.25, -0.2) is 4.98 Å². The minimum Gasteiger partial charge on any atom is -0.491 e. The molecule has 0 aliphatic rings. The van der Waals surface area contributed by atoms with Crippen LogP contribution in [-0.2, 0) is 11.3 Å². The minimum atomic E-state index is -0.0834. The van der Waals surface area contributed by atoms with Crippen LogP contribution in [0, 0.1) is 6.92 Å². The molecule has 2 rings (SSSR count). The van der Waals surface area contributed by atoms with E-state index in [-0.39, 0.29) is 5.91 Å². The van der Waals surface area contributed by atoms with Crippen molar-refractivity contribution in [2.75, 3.05) is 11.9 Å². The van der Waals surface area contributed by atoms with Crippen LogP contribution in [0.15, 0.2) is 36.9 Å². The van der Waals surface area contributed by atoms with Crippen molar-refractivity contribution in [2.24, 2.45) is 0 Å². The van der Waals surface area contributed by atoms with Crippen molar-refractivity contribution in [3.63, 3.8) is 0 Å². The van der Waals surface area contributed by atoms with Crippen LogP contribution in [0.5, 0.6) is 5.75 Å². The first-order chi connectivity index (χ1) is 11.1. The van der Waals surface area contributed by atoms with Gasteiger partial charge in [-0.1, -0.05) is 18.9 Å². The minimum absolute atomic E-state index is 0.0834. The van der Waals surface area contributed by atoms with E-state index < -0.39 is 0 Å². The summed E-state index contributed by atoms with van der Waals surface area (Å²) in [5.74, 6) is 0.657. The molecule has 0 atom stereocenters. The first-order valence-electron chi connectivity index (χ1n) is 8.12. The molecule has 5 nitrogen and oxygen atoms in total. The number of hydrogen-bond acceptors (Lipinski definition) is 3. The molecule has 0 saturated heterocycles. The van der Waals surface area contributed by atoms with E-state index in [9.17, 15) is 4.79 Å². The maximum Gasteiger partial charge on any atom is 0.221 e. The van der Waals surface area contributed by atoms with E-state index in [0.717, 1.165) is 42.8 Å². The number of hydrogen-bond donors (Lipinski definition) is 1. The third-order valence-electron chi connectivity index (χ3n) is 3.57. The van der Waals surface area contributed by atoms with E-state index >= 15 is 0 Å². The van der Waals surface area contributed by atoms with Gasteiger partial charge in [-0.3, -0.25) is 4.79 Å². The van der Waals surface area contributed by atoms with E-state index in [1.165, 1.54) is 13.3 Å². The smallest absolute Gasteiger partial charge is 0.221 e. The Morgan fingerprint density at radius 3 is 2.83 bits per heavy atom. The van der Waals surface area contributed by atoms with Crippen molar-refractivity contribution in [3.8, 4) is 5.75 Å². The van der Waals surface area contributed by atoms with Crippen LogP contribution in [0.4, 0.5) is 5.69 Å². The molecule has 0 bridgehead atoms. The topological polar surface area (TPSA) is 56.1 Å². The lowest BCUT2D eigenvalue weighted by atomic mass is 10.2. The number of aromatic nitrogens is 2. The fourth-order valence-electron chi connectivity index (χ4n) is 2.41. The van der Waals surface area contributed by atoms with Crippen molar-refractivity contribution in [1.82, 2.24) is 9.55 Å². The lowest BCUT2D eigenvalue weighted by molar-refractivity contribution is -0.114. The third kappa shape index (κ3) is 6.14. The lowest BCUT2D eigenvalue weighted by Gasteiger charge is -2.12. The highest BCUT2D eigenvalue weighted by atomic mass is 16.5. The van der Waals surface area contributed by atoms with Gasteiger partial charge in [0.25, 0.3) is 0 Å². The van der Waals surface area contributed by atoms with Crippen LogP contribution in [0.2, 0.25) is 0 Å². The van der Waals surface area contributed by atoms with Gasteiger partial charge in [-0.05, 0) is 37.5 Å². The predicted octanol–water partition coefficient (Wildman–Crippen LogP) is 3.79. The molecule has 0 spiro atoms. The number of carbonyl (C=O) groups excluding carboxylic acids is 1. The lowest BCUT2D eigenvalue weighted by Crippen LogP contribution is -2.08.